The number of esters is 1. The van der Waals surface area contributed by atoms with E-state index in [-0.39, 0.29) is 18.4 Å². The molecule has 0 bridgehead atoms. The van der Waals surface area contributed by atoms with Crippen molar-refractivity contribution < 1.29 is 22.7 Å². The molecule has 0 spiro atoms. The lowest BCUT2D eigenvalue weighted by atomic mass is 9.98. The Balaban J connectivity index is 2.61. The highest BCUT2D eigenvalue weighted by Crippen LogP contribution is 2.17. The van der Waals surface area contributed by atoms with Gasteiger partial charge in [-0.2, -0.15) is 0 Å². The van der Waals surface area contributed by atoms with Gasteiger partial charge in [-0.3, -0.25) is 9.59 Å². The maximum atomic E-state index is 11.7. The van der Waals surface area contributed by atoms with E-state index in [1.165, 1.54) is 12.0 Å². The van der Waals surface area contributed by atoms with Crippen molar-refractivity contribution in [2.45, 2.75) is 12.8 Å². The average molecular weight is 263 g/mol. The maximum absolute atomic E-state index is 11.7. The van der Waals surface area contributed by atoms with Crippen LogP contribution >= 0.6 is 0 Å². The summed E-state index contributed by atoms with van der Waals surface area (Å²) < 4.78 is 26.7. The Bertz CT molecular complexity index is 403. The van der Waals surface area contributed by atoms with Gasteiger partial charge in [0, 0.05) is 19.3 Å². The third kappa shape index (κ3) is 4.33. The molecule has 0 aromatic rings. The number of nitrogens with zero attached hydrogens (tertiary/aromatic N) is 1. The molecule has 1 heterocycles. The molecular formula is C10H17NO5S. The van der Waals surface area contributed by atoms with Gasteiger partial charge in [0.1, 0.15) is 5.75 Å². The van der Waals surface area contributed by atoms with Crippen LogP contribution in [0.3, 0.4) is 0 Å². The van der Waals surface area contributed by atoms with Crippen molar-refractivity contribution in [3.05, 3.63) is 0 Å². The van der Waals surface area contributed by atoms with Crippen LogP contribution in [0.25, 0.3) is 0 Å². The summed E-state index contributed by atoms with van der Waals surface area (Å²) in [5.74, 6) is -1.62. The zero-order chi connectivity index (χ0) is 13.1. The van der Waals surface area contributed by atoms with Crippen molar-refractivity contribution in [1.29, 1.82) is 0 Å². The van der Waals surface area contributed by atoms with Gasteiger partial charge in [0.2, 0.25) is 5.91 Å². The number of hydrogen-bond acceptors (Lipinski definition) is 5. The van der Waals surface area contributed by atoms with Crippen molar-refractivity contribution in [2.24, 2.45) is 5.92 Å². The molecule has 17 heavy (non-hydrogen) atoms. The second-order valence-corrected chi connectivity index (χ2v) is 6.41. The average Bonchev–Trinajstić information content (AvgIpc) is 2.26. The molecule has 1 rings (SSSR count). The van der Waals surface area contributed by atoms with E-state index in [9.17, 15) is 18.0 Å². The Morgan fingerprint density at radius 2 is 2.06 bits per heavy atom. The van der Waals surface area contributed by atoms with E-state index in [0.717, 1.165) is 6.26 Å². The van der Waals surface area contributed by atoms with Gasteiger partial charge in [-0.25, -0.2) is 8.42 Å². The number of likely N-dealkylation sites (tertiary alicyclic amines) is 1. The molecule has 0 aliphatic carbocycles. The van der Waals surface area contributed by atoms with Crippen LogP contribution in [0.15, 0.2) is 0 Å². The molecule has 1 saturated heterocycles. The summed E-state index contributed by atoms with van der Waals surface area (Å²) in [6, 6.07) is 0. The molecular weight excluding hydrogens is 246 g/mol. The van der Waals surface area contributed by atoms with Crippen LogP contribution in [-0.2, 0) is 24.2 Å². The topological polar surface area (TPSA) is 80.8 Å². The van der Waals surface area contributed by atoms with Gasteiger partial charge in [0.25, 0.3) is 0 Å². The van der Waals surface area contributed by atoms with E-state index in [4.69, 9.17) is 0 Å². The molecule has 1 atom stereocenters. The number of methoxy groups -OCH3 is 1. The minimum Gasteiger partial charge on any atom is -0.469 e. The maximum Gasteiger partial charge on any atom is 0.310 e. The summed E-state index contributed by atoms with van der Waals surface area (Å²) in [5.41, 5.74) is 0. The molecule has 1 aliphatic rings. The summed E-state index contributed by atoms with van der Waals surface area (Å²) in [6.45, 7) is 0.753. The monoisotopic (exact) mass is 263 g/mol. The minimum absolute atomic E-state index is 0.251. The van der Waals surface area contributed by atoms with E-state index in [0.29, 0.717) is 19.4 Å². The number of sulfone groups is 1. The third-order valence-electron chi connectivity index (χ3n) is 2.69. The lowest BCUT2D eigenvalue weighted by Gasteiger charge is -2.31. The minimum atomic E-state index is -3.32. The van der Waals surface area contributed by atoms with Crippen molar-refractivity contribution in [3.8, 4) is 0 Å². The Labute approximate surface area is 101 Å². The molecule has 98 valence electrons. The van der Waals surface area contributed by atoms with Crippen LogP contribution in [0.1, 0.15) is 12.8 Å². The van der Waals surface area contributed by atoms with Crippen molar-refractivity contribution in [1.82, 2.24) is 4.90 Å². The van der Waals surface area contributed by atoms with Gasteiger partial charge in [-0.15, -0.1) is 0 Å². The number of piperidine rings is 1. The number of ether oxygens (including phenoxy) is 1. The standard InChI is InChI=1S/C10H17NO5S/c1-16-10(13)8-4-3-5-11(6-8)9(12)7-17(2,14)15/h8H,3-7H2,1-2H3/t8-/m0/s1. The first-order valence-corrected chi connectivity index (χ1v) is 7.43. The Hall–Kier alpha value is -1.11. The normalized spacial score (nSPS) is 21.1. The van der Waals surface area contributed by atoms with Gasteiger partial charge < -0.3 is 9.64 Å². The molecule has 0 radical (unpaired) electrons. The molecule has 0 unspecified atom stereocenters. The van der Waals surface area contributed by atoms with Gasteiger partial charge in [-0.1, -0.05) is 0 Å². The number of hydrogen-bond donors (Lipinski definition) is 0. The van der Waals surface area contributed by atoms with Crippen LogP contribution < -0.4 is 0 Å². The fraction of sp³-hybridized carbons (Fsp3) is 0.800. The number of carbonyl (C=O) groups is 2. The van der Waals surface area contributed by atoms with Crippen molar-refractivity contribution >= 4 is 21.7 Å². The second-order valence-electron chi connectivity index (χ2n) is 4.27. The quantitative estimate of drug-likeness (QED) is 0.638. The fourth-order valence-electron chi connectivity index (χ4n) is 1.88. The molecule has 0 saturated carbocycles. The van der Waals surface area contributed by atoms with E-state index >= 15 is 0 Å². The molecule has 0 N–H and O–H groups in total. The number of amides is 1. The second kappa shape index (κ2) is 5.48. The van der Waals surface area contributed by atoms with E-state index < -0.39 is 21.5 Å². The molecule has 7 heteroatoms. The van der Waals surface area contributed by atoms with Crippen molar-refractivity contribution in [3.63, 3.8) is 0 Å². The molecule has 0 aromatic carbocycles. The van der Waals surface area contributed by atoms with Gasteiger partial charge in [0.15, 0.2) is 9.84 Å². The Morgan fingerprint density at radius 1 is 1.41 bits per heavy atom. The molecule has 0 aromatic heterocycles. The summed E-state index contributed by atoms with van der Waals surface area (Å²) in [6.07, 6.45) is 2.39. The van der Waals surface area contributed by atoms with Crippen LogP contribution in [0, 0.1) is 5.92 Å². The SMILES string of the molecule is COC(=O)[C@H]1CCCN(C(=O)CS(C)(=O)=O)C1. The number of carbonyl (C=O) groups excluding carboxylic acids is 2. The highest BCUT2D eigenvalue weighted by molar-refractivity contribution is 7.91. The van der Waals surface area contributed by atoms with Gasteiger partial charge >= 0.3 is 5.97 Å². The van der Waals surface area contributed by atoms with Crippen LogP contribution in [0.2, 0.25) is 0 Å². The summed E-state index contributed by atoms with van der Waals surface area (Å²) >= 11 is 0. The van der Waals surface area contributed by atoms with E-state index in [2.05, 4.69) is 4.74 Å². The summed E-state index contributed by atoms with van der Waals surface area (Å²) in [7, 11) is -2.02. The first-order valence-electron chi connectivity index (χ1n) is 5.37. The Morgan fingerprint density at radius 3 is 2.59 bits per heavy atom. The largest absolute Gasteiger partial charge is 0.469 e. The predicted octanol–water partition coefficient (Wildman–Crippen LogP) is -0.557. The molecule has 1 fully saturated rings. The fourth-order valence-corrected chi connectivity index (χ4v) is 2.51. The molecule has 1 aliphatic heterocycles. The zero-order valence-electron chi connectivity index (χ0n) is 10.0. The van der Waals surface area contributed by atoms with E-state index in [1.807, 2.05) is 0 Å². The van der Waals surface area contributed by atoms with Crippen LogP contribution in [0.5, 0.6) is 0 Å². The van der Waals surface area contributed by atoms with E-state index in [1.54, 1.807) is 0 Å². The predicted molar refractivity (Wildman–Crippen MR) is 61.0 cm³/mol. The first-order chi connectivity index (χ1) is 7.83. The number of rotatable bonds is 3. The van der Waals surface area contributed by atoms with Crippen LogP contribution in [0.4, 0.5) is 0 Å². The smallest absolute Gasteiger partial charge is 0.310 e. The van der Waals surface area contributed by atoms with Gasteiger partial charge in [-0.05, 0) is 12.8 Å². The molecule has 1 amide bonds. The first kappa shape index (κ1) is 14.0. The lowest BCUT2D eigenvalue weighted by Crippen LogP contribution is -2.44. The third-order valence-corrected chi connectivity index (χ3v) is 3.47. The highest BCUT2D eigenvalue weighted by Gasteiger charge is 2.29. The lowest BCUT2D eigenvalue weighted by molar-refractivity contribution is -0.148. The zero-order valence-corrected chi connectivity index (χ0v) is 10.8. The van der Waals surface area contributed by atoms with Gasteiger partial charge in [0.05, 0.1) is 13.0 Å². The molecule has 6 nitrogen and oxygen atoms in total. The summed E-state index contributed by atoms with van der Waals surface area (Å²) in [4.78, 5) is 24.4. The Kier molecular flexibility index (Phi) is 4.50. The van der Waals surface area contributed by atoms with Crippen molar-refractivity contribution in [2.75, 3.05) is 32.2 Å². The summed E-state index contributed by atoms with van der Waals surface area (Å²) in [5, 5.41) is 0. The highest BCUT2D eigenvalue weighted by atomic mass is 32.2. The van der Waals surface area contributed by atoms with Crippen LogP contribution in [-0.4, -0.2) is 57.4 Å².